The predicted octanol–water partition coefficient (Wildman–Crippen LogP) is 4.54. The lowest BCUT2D eigenvalue weighted by molar-refractivity contribution is -0.117. The van der Waals surface area contributed by atoms with E-state index in [1.54, 1.807) is 4.90 Å². The molecule has 5 heteroatoms. The molecule has 0 aromatic heterocycles. The molecule has 3 rings (SSSR count). The van der Waals surface area contributed by atoms with Crippen LogP contribution in [-0.2, 0) is 16.6 Å². The van der Waals surface area contributed by atoms with Crippen LogP contribution in [0, 0.1) is 0 Å². The molecule has 0 bridgehead atoms. The van der Waals surface area contributed by atoms with E-state index in [-0.39, 0.29) is 17.4 Å². The van der Waals surface area contributed by atoms with Gasteiger partial charge in [-0.05, 0) is 53.8 Å². The van der Waals surface area contributed by atoms with Gasteiger partial charge in [0.25, 0.3) is 0 Å². The second-order valence-electron chi connectivity index (χ2n) is 7.56. The highest BCUT2D eigenvalue weighted by atomic mass is 16.2. The lowest BCUT2D eigenvalue weighted by Gasteiger charge is -2.19. The van der Waals surface area contributed by atoms with Crippen molar-refractivity contribution in [1.82, 2.24) is 0 Å². The molecule has 0 spiro atoms. The number of benzene rings is 2. The zero-order chi connectivity index (χ0) is 18.9. The highest BCUT2D eigenvalue weighted by Crippen LogP contribution is 2.31. The third kappa shape index (κ3) is 3.72. The Morgan fingerprint density at radius 3 is 2.27 bits per heavy atom. The van der Waals surface area contributed by atoms with Crippen molar-refractivity contribution in [2.24, 2.45) is 0 Å². The van der Waals surface area contributed by atoms with E-state index in [2.05, 4.69) is 31.4 Å². The lowest BCUT2D eigenvalue weighted by atomic mass is 9.87. The molecule has 1 heterocycles. The number of amides is 3. The van der Waals surface area contributed by atoms with E-state index in [1.807, 2.05) is 49.4 Å². The molecule has 0 aliphatic carbocycles. The molecule has 2 aromatic rings. The van der Waals surface area contributed by atoms with Gasteiger partial charge in [0.1, 0.15) is 0 Å². The average Bonchev–Trinajstić information content (AvgIpc) is 2.88. The van der Waals surface area contributed by atoms with Gasteiger partial charge in [-0.3, -0.25) is 4.79 Å². The van der Waals surface area contributed by atoms with E-state index < -0.39 is 0 Å². The van der Waals surface area contributed by atoms with Crippen LogP contribution < -0.4 is 15.5 Å². The molecule has 26 heavy (non-hydrogen) atoms. The number of hydrogen-bond acceptors (Lipinski definition) is 2. The Bertz CT molecular complexity index is 835. The lowest BCUT2D eigenvalue weighted by Crippen LogP contribution is -2.25. The summed E-state index contributed by atoms with van der Waals surface area (Å²) >= 11 is 0. The first kappa shape index (κ1) is 18.0. The van der Waals surface area contributed by atoms with Crippen LogP contribution in [0.15, 0.2) is 42.5 Å². The standard InChI is InChI=1S/C21H25N3O2/c1-5-24-18-11-10-17(12-14(18)13-19(24)25)23-20(26)22-16-8-6-15(7-9-16)21(2,3)4/h6-12H,5,13H2,1-4H3,(H2,22,23,26). The van der Waals surface area contributed by atoms with Crippen LogP contribution in [0.25, 0.3) is 0 Å². The summed E-state index contributed by atoms with van der Waals surface area (Å²) in [4.78, 5) is 26.0. The third-order valence-corrected chi connectivity index (χ3v) is 4.60. The minimum absolute atomic E-state index is 0.0784. The maximum absolute atomic E-state index is 12.2. The monoisotopic (exact) mass is 351 g/mol. The fourth-order valence-corrected chi connectivity index (χ4v) is 3.15. The largest absolute Gasteiger partial charge is 0.323 e. The van der Waals surface area contributed by atoms with Crippen LogP contribution in [0.3, 0.4) is 0 Å². The SMILES string of the molecule is CCN1C(=O)Cc2cc(NC(=O)Nc3ccc(C(C)(C)C)cc3)ccc21. The van der Waals surface area contributed by atoms with Crippen molar-refractivity contribution in [3.05, 3.63) is 53.6 Å². The number of fused-ring (bicyclic) bond motifs is 1. The molecule has 0 unspecified atom stereocenters. The van der Waals surface area contributed by atoms with Crippen molar-refractivity contribution in [3.8, 4) is 0 Å². The summed E-state index contributed by atoms with van der Waals surface area (Å²) < 4.78 is 0. The Morgan fingerprint density at radius 1 is 1.04 bits per heavy atom. The first-order chi connectivity index (χ1) is 12.3. The molecule has 136 valence electrons. The summed E-state index contributed by atoms with van der Waals surface area (Å²) in [5, 5.41) is 5.67. The molecule has 0 atom stereocenters. The second kappa shape index (κ2) is 6.83. The van der Waals surface area contributed by atoms with Gasteiger partial charge < -0.3 is 15.5 Å². The molecule has 2 N–H and O–H groups in total. The number of carbonyl (C=O) groups excluding carboxylic acids is 2. The number of urea groups is 1. The van der Waals surface area contributed by atoms with Crippen molar-refractivity contribution < 1.29 is 9.59 Å². The quantitative estimate of drug-likeness (QED) is 0.853. The molecule has 0 saturated carbocycles. The third-order valence-electron chi connectivity index (χ3n) is 4.60. The molecule has 0 saturated heterocycles. The molecular formula is C21H25N3O2. The maximum Gasteiger partial charge on any atom is 0.323 e. The van der Waals surface area contributed by atoms with Crippen LogP contribution in [0.1, 0.15) is 38.8 Å². The molecule has 2 aromatic carbocycles. The molecule has 0 fully saturated rings. The van der Waals surface area contributed by atoms with E-state index in [1.165, 1.54) is 5.56 Å². The molecule has 0 radical (unpaired) electrons. The van der Waals surface area contributed by atoms with Gasteiger partial charge in [0.15, 0.2) is 0 Å². The molecular weight excluding hydrogens is 326 g/mol. The number of anilines is 3. The Balaban J connectivity index is 1.66. The van der Waals surface area contributed by atoms with Crippen LogP contribution >= 0.6 is 0 Å². The topological polar surface area (TPSA) is 61.4 Å². The number of nitrogens with zero attached hydrogens (tertiary/aromatic N) is 1. The number of carbonyl (C=O) groups is 2. The van der Waals surface area contributed by atoms with E-state index in [9.17, 15) is 9.59 Å². The second-order valence-corrected chi connectivity index (χ2v) is 7.56. The first-order valence-corrected chi connectivity index (χ1v) is 8.90. The number of nitrogens with one attached hydrogen (secondary N) is 2. The van der Waals surface area contributed by atoms with Gasteiger partial charge in [0.05, 0.1) is 6.42 Å². The van der Waals surface area contributed by atoms with Crippen molar-refractivity contribution in [3.63, 3.8) is 0 Å². The highest BCUT2D eigenvalue weighted by molar-refractivity contribution is 6.03. The van der Waals surface area contributed by atoms with Gasteiger partial charge in [-0.1, -0.05) is 32.9 Å². The maximum atomic E-state index is 12.2. The zero-order valence-electron chi connectivity index (χ0n) is 15.7. The minimum atomic E-state index is -0.301. The van der Waals surface area contributed by atoms with Gasteiger partial charge in [0.2, 0.25) is 5.91 Å². The van der Waals surface area contributed by atoms with Crippen LogP contribution in [0.2, 0.25) is 0 Å². The van der Waals surface area contributed by atoms with E-state index in [0.29, 0.717) is 18.7 Å². The Labute approximate surface area is 154 Å². The molecule has 3 amide bonds. The van der Waals surface area contributed by atoms with Gasteiger partial charge in [0, 0.05) is 23.6 Å². The highest BCUT2D eigenvalue weighted by Gasteiger charge is 2.26. The normalized spacial score (nSPS) is 13.5. The summed E-state index contributed by atoms with van der Waals surface area (Å²) in [7, 11) is 0. The summed E-state index contributed by atoms with van der Waals surface area (Å²) in [6, 6.07) is 13.1. The fourth-order valence-electron chi connectivity index (χ4n) is 3.15. The summed E-state index contributed by atoms with van der Waals surface area (Å²) in [5.74, 6) is 0.100. The average molecular weight is 351 g/mol. The van der Waals surface area contributed by atoms with Crippen molar-refractivity contribution in [1.29, 1.82) is 0 Å². The van der Waals surface area contributed by atoms with Crippen LogP contribution in [0.4, 0.5) is 21.9 Å². The van der Waals surface area contributed by atoms with Gasteiger partial charge in [-0.15, -0.1) is 0 Å². The zero-order valence-corrected chi connectivity index (χ0v) is 15.7. The number of likely N-dealkylation sites (N-methyl/N-ethyl adjacent to an activating group) is 1. The van der Waals surface area contributed by atoms with Crippen LogP contribution in [-0.4, -0.2) is 18.5 Å². The van der Waals surface area contributed by atoms with Crippen molar-refractivity contribution in [2.45, 2.75) is 39.5 Å². The Hall–Kier alpha value is -2.82. The smallest absolute Gasteiger partial charge is 0.312 e. The van der Waals surface area contributed by atoms with E-state index >= 15 is 0 Å². The van der Waals surface area contributed by atoms with Crippen LogP contribution in [0.5, 0.6) is 0 Å². The van der Waals surface area contributed by atoms with Gasteiger partial charge >= 0.3 is 6.03 Å². The van der Waals surface area contributed by atoms with Crippen molar-refractivity contribution in [2.75, 3.05) is 22.1 Å². The Morgan fingerprint density at radius 2 is 1.65 bits per heavy atom. The Kier molecular flexibility index (Phi) is 4.72. The molecule has 1 aliphatic rings. The number of rotatable bonds is 3. The van der Waals surface area contributed by atoms with E-state index in [4.69, 9.17) is 0 Å². The fraction of sp³-hybridized carbons (Fsp3) is 0.333. The molecule has 5 nitrogen and oxygen atoms in total. The van der Waals surface area contributed by atoms with Gasteiger partial charge in [-0.2, -0.15) is 0 Å². The van der Waals surface area contributed by atoms with E-state index in [0.717, 1.165) is 16.9 Å². The minimum Gasteiger partial charge on any atom is -0.312 e. The predicted molar refractivity (Wildman–Crippen MR) is 106 cm³/mol. The van der Waals surface area contributed by atoms with Gasteiger partial charge in [-0.25, -0.2) is 4.79 Å². The summed E-state index contributed by atoms with van der Waals surface area (Å²) in [6.07, 6.45) is 0.384. The van der Waals surface area contributed by atoms with Crippen molar-refractivity contribution >= 4 is 29.0 Å². The summed E-state index contributed by atoms with van der Waals surface area (Å²) in [5.41, 5.74) is 4.59. The summed E-state index contributed by atoms with van der Waals surface area (Å²) in [6.45, 7) is 9.07. The molecule has 1 aliphatic heterocycles. The number of hydrogen-bond donors (Lipinski definition) is 2. The first-order valence-electron chi connectivity index (χ1n) is 8.90.